The van der Waals surface area contributed by atoms with Crippen LogP contribution in [0, 0.1) is 6.92 Å². The number of rotatable bonds is 2. The Balaban J connectivity index is 2.02. The van der Waals surface area contributed by atoms with Crippen LogP contribution < -0.4 is 5.73 Å². The molecule has 1 atom stereocenters. The number of nitrogens with two attached hydrogens (primary N) is 1. The van der Waals surface area contributed by atoms with Crippen molar-refractivity contribution in [1.29, 1.82) is 0 Å². The fraction of sp³-hybridized carbons (Fsp3) is 0.438. The quantitative estimate of drug-likeness (QED) is 0.923. The van der Waals surface area contributed by atoms with Gasteiger partial charge in [-0.2, -0.15) is 5.10 Å². The summed E-state index contributed by atoms with van der Waals surface area (Å²) in [6.07, 6.45) is 3.97. The number of fused-ring (bicyclic) bond motifs is 1. The van der Waals surface area contributed by atoms with Crippen LogP contribution in [0.4, 0.5) is 0 Å². The minimum atomic E-state index is -0.335. The van der Waals surface area contributed by atoms with Crippen LogP contribution in [0.2, 0.25) is 5.02 Å². The minimum absolute atomic E-state index is 0.335. The van der Waals surface area contributed by atoms with Gasteiger partial charge in [-0.1, -0.05) is 35.9 Å². The zero-order valence-electron chi connectivity index (χ0n) is 12.0. The predicted molar refractivity (Wildman–Crippen MR) is 81.9 cm³/mol. The fourth-order valence-corrected chi connectivity index (χ4v) is 3.53. The lowest BCUT2D eigenvalue weighted by Crippen LogP contribution is -2.42. The Labute approximate surface area is 124 Å². The molecule has 106 valence electrons. The first-order valence-corrected chi connectivity index (χ1v) is 7.44. The van der Waals surface area contributed by atoms with E-state index in [1.54, 1.807) is 0 Å². The van der Waals surface area contributed by atoms with Gasteiger partial charge in [-0.15, -0.1) is 0 Å². The maximum Gasteiger partial charge on any atom is 0.0847 e. The van der Waals surface area contributed by atoms with Crippen LogP contribution in [0.25, 0.3) is 0 Å². The third-order valence-corrected chi connectivity index (χ3v) is 4.86. The molecule has 0 bridgehead atoms. The van der Waals surface area contributed by atoms with Gasteiger partial charge in [0.05, 0.1) is 16.4 Å². The van der Waals surface area contributed by atoms with Gasteiger partial charge in [0.1, 0.15) is 0 Å². The second-order valence-electron chi connectivity index (χ2n) is 5.81. The summed E-state index contributed by atoms with van der Waals surface area (Å²) in [5, 5.41) is 5.14. The van der Waals surface area contributed by atoms with Crippen LogP contribution in [0.3, 0.4) is 0 Å². The highest BCUT2D eigenvalue weighted by Gasteiger charge is 2.34. The number of hydrogen-bond acceptors (Lipinski definition) is 2. The lowest BCUT2D eigenvalue weighted by molar-refractivity contribution is 0.361. The summed E-state index contributed by atoms with van der Waals surface area (Å²) in [6.45, 7) is 1.93. The van der Waals surface area contributed by atoms with Crippen LogP contribution in [0.1, 0.15) is 35.4 Å². The van der Waals surface area contributed by atoms with Crippen molar-refractivity contribution in [1.82, 2.24) is 9.78 Å². The van der Waals surface area contributed by atoms with E-state index in [4.69, 9.17) is 17.3 Å². The number of hydrogen-bond donors (Lipinski definition) is 1. The molecule has 0 spiro atoms. The Morgan fingerprint density at radius 3 is 2.85 bits per heavy atom. The first-order chi connectivity index (χ1) is 9.51. The van der Waals surface area contributed by atoms with E-state index in [0.29, 0.717) is 0 Å². The third kappa shape index (κ3) is 2.15. The average molecular weight is 290 g/mol. The number of benzene rings is 1. The van der Waals surface area contributed by atoms with E-state index >= 15 is 0 Å². The van der Waals surface area contributed by atoms with Gasteiger partial charge in [0, 0.05) is 19.0 Å². The molecule has 3 rings (SSSR count). The summed E-state index contributed by atoms with van der Waals surface area (Å²) in [5.74, 6) is 0. The highest BCUT2D eigenvalue weighted by molar-refractivity contribution is 6.31. The van der Waals surface area contributed by atoms with E-state index in [9.17, 15) is 0 Å². The highest BCUT2D eigenvalue weighted by Crippen LogP contribution is 2.37. The van der Waals surface area contributed by atoms with E-state index in [0.717, 1.165) is 42.1 Å². The van der Waals surface area contributed by atoms with Crippen molar-refractivity contribution in [2.45, 2.75) is 38.1 Å². The van der Waals surface area contributed by atoms with Gasteiger partial charge in [-0.25, -0.2) is 0 Å². The second kappa shape index (κ2) is 4.90. The molecule has 2 aromatic rings. The van der Waals surface area contributed by atoms with Gasteiger partial charge in [-0.05, 0) is 37.3 Å². The molecule has 1 aromatic carbocycles. The summed E-state index contributed by atoms with van der Waals surface area (Å²) in [6, 6.07) is 8.51. The summed E-state index contributed by atoms with van der Waals surface area (Å²) < 4.78 is 1.86. The van der Waals surface area contributed by atoms with Gasteiger partial charge in [0.25, 0.3) is 0 Å². The van der Waals surface area contributed by atoms with E-state index in [1.165, 1.54) is 11.1 Å². The van der Waals surface area contributed by atoms with Crippen molar-refractivity contribution >= 4 is 11.6 Å². The molecule has 1 aliphatic rings. The van der Waals surface area contributed by atoms with Crippen molar-refractivity contribution in [3.63, 3.8) is 0 Å². The lowest BCUT2D eigenvalue weighted by Gasteiger charge is -2.36. The maximum absolute atomic E-state index is 6.75. The lowest BCUT2D eigenvalue weighted by atomic mass is 9.74. The average Bonchev–Trinajstić information content (AvgIpc) is 2.66. The molecule has 0 radical (unpaired) electrons. The number of aryl methyl sites for hydroxylation is 3. The summed E-state index contributed by atoms with van der Waals surface area (Å²) in [4.78, 5) is 0. The van der Waals surface area contributed by atoms with E-state index in [2.05, 4.69) is 29.4 Å². The topological polar surface area (TPSA) is 43.8 Å². The van der Waals surface area contributed by atoms with E-state index in [-0.39, 0.29) is 5.54 Å². The van der Waals surface area contributed by atoms with Crippen molar-refractivity contribution in [3.8, 4) is 0 Å². The van der Waals surface area contributed by atoms with Gasteiger partial charge in [0.15, 0.2) is 0 Å². The fourth-order valence-electron chi connectivity index (χ4n) is 3.31. The molecule has 1 heterocycles. The molecule has 1 aromatic heterocycles. The molecule has 1 unspecified atom stereocenters. The SMILES string of the molecule is Cc1nn(C)c(CC2(N)CCCc3ccccc32)c1Cl. The standard InChI is InChI=1S/C16H20ClN3/c1-11-15(17)14(20(2)19-11)10-16(18)9-5-7-12-6-3-4-8-13(12)16/h3-4,6,8H,5,7,9-10,18H2,1-2H3. The van der Waals surface area contributed by atoms with Crippen LogP contribution in [-0.4, -0.2) is 9.78 Å². The molecular formula is C16H20ClN3. The molecule has 20 heavy (non-hydrogen) atoms. The van der Waals surface area contributed by atoms with Gasteiger partial charge >= 0.3 is 0 Å². The molecule has 4 heteroatoms. The number of aromatic nitrogens is 2. The molecule has 0 aliphatic heterocycles. The van der Waals surface area contributed by atoms with Gasteiger partial charge in [0.2, 0.25) is 0 Å². The zero-order valence-corrected chi connectivity index (χ0v) is 12.7. The highest BCUT2D eigenvalue weighted by atomic mass is 35.5. The van der Waals surface area contributed by atoms with Crippen LogP contribution >= 0.6 is 11.6 Å². The Morgan fingerprint density at radius 1 is 1.40 bits per heavy atom. The molecule has 0 saturated carbocycles. The summed E-state index contributed by atoms with van der Waals surface area (Å²) in [7, 11) is 1.94. The van der Waals surface area contributed by atoms with Crippen LogP contribution in [-0.2, 0) is 25.4 Å². The first kappa shape index (κ1) is 13.7. The number of nitrogens with zero attached hydrogens (tertiary/aromatic N) is 2. The largest absolute Gasteiger partial charge is 0.321 e. The van der Waals surface area contributed by atoms with Gasteiger partial charge in [-0.3, -0.25) is 4.68 Å². The Hall–Kier alpha value is -1.32. The monoisotopic (exact) mass is 289 g/mol. The molecule has 0 fully saturated rings. The van der Waals surface area contributed by atoms with Crippen molar-refractivity contribution in [3.05, 3.63) is 51.8 Å². The smallest absolute Gasteiger partial charge is 0.0847 e. The predicted octanol–water partition coefficient (Wildman–Crippen LogP) is 3.11. The molecule has 0 amide bonds. The third-order valence-electron chi connectivity index (χ3n) is 4.37. The van der Waals surface area contributed by atoms with Gasteiger partial charge < -0.3 is 5.73 Å². The Bertz CT molecular complexity index is 647. The van der Waals surface area contributed by atoms with Crippen molar-refractivity contribution < 1.29 is 0 Å². The minimum Gasteiger partial charge on any atom is -0.321 e. The molecule has 0 saturated heterocycles. The second-order valence-corrected chi connectivity index (χ2v) is 6.19. The first-order valence-electron chi connectivity index (χ1n) is 7.06. The van der Waals surface area contributed by atoms with Crippen molar-refractivity contribution in [2.24, 2.45) is 12.8 Å². The van der Waals surface area contributed by atoms with Crippen LogP contribution in [0.5, 0.6) is 0 Å². The Morgan fingerprint density at radius 2 is 2.15 bits per heavy atom. The van der Waals surface area contributed by atoms with E-state index < -0.39 is 0 Å². The normalized spacial score (nSPS) is 21.8. The summed E-state index contributed by atoms with van der Waals surface area (Å²) >= 11 is 6.38. The molecule has 1 aliphatic carbocycles. The molecule has 3 nitrogen and oxygen atoms in total. The molecule has 2 N–H and O–H groups in total. The number of halogens is 1. The van der Waals surface area contributed by atoms with E-state index in [1.807, 2.05) is 18.7 Å². The van der Waals surface area contributed by atoms with Crippen molar-refractivity contribution in [2.75, 3.05) is 0 Å². The van der Waals surface area contributed by atoms with Crippen LogP contribution in [0.15, 0.2) is 24.3 Å². The zero-order chi connectivity index (χ0) is 14.3. The maximum atomic E-state index is 6.75. The molecular weight excluding hydrogens is 270 g/mol. The summed E-state index contributed by atoms with van der Waals surface area (Å²) in [5.41, 5.74) is 11.0. The Kier molecular flexibility index (Phi) is 3.35.